The van der Waals surface area contributed by atoms with E-state index in [9.17, 15) is 5.11 Å². The molecule has 80 valence electrons. The molecule has 0 fully saturated rings. The first-order chi connectivity index (χ1) is 5.95. The van der Waals surface area contributed by atoms with E-state index >= 15 is 0 Å². The second-order valence-corrected chi connectivity index (χ2v) is 3.60. The van der Waals surface area contributed by atoms with Gasteiger partial charge in [-0.05, 0) is 26.0 Å². The van der Waals surface area contributed by atoms with Crippen LogP contribution in [0.4, 0.5) is 0 Å². The summed E-state index contributed by atoms with van der Waals surface area (Å²) in [7, 11) is 1.56. The lowest BCUT2D eigenvalue weighted by atomic mass is 9.95. The van der Waals surface area contributed by atoms with Gasteiger partial charge >= 0.3 is 0 Å². The molecule has 0 amide bonds. The fraction of sp³-hybridized carbons (Fsp3) is 0.400. The molecule has 4 heteroatoms. The Morgan fingerprint density at radius 1 is 1.36 bits per heavy atom. The van der Waals surface area contributed by atoms with Crippen molar-refractivity contribution in [3.05, 3.63) is 23.8 Å². The van der Waals surface area contributed by atoms with Crippen LogP contribution in [-0.2, 0) is 5.54 Å². The Labute approximate surface area is 90.3 Å². The van der Waals surface area contributed by atoms with Crippen molar-refractivity contribution in [2.24, 2.45) is 5.73 Å². The molecule has 0 saturated heterocycles. The fourth-order valence-corrected chi connectivity index (χ4v) is 1.18. The minimum Gasteiger partial charge on any atom is -0.507 e. The lowest BCUT2D eigenvalue weighted by molar-refractivity contribution is 0.401. The predicted molar refractivity (Wildman–Crippen MR) is 59.1 cm³/mol. The van der Waals surface area contributed by atoms with E-state index < -0.39 is 5.54 Å². The smallest absolute Gasteiger partial charge is 0.124 e. The van der Waals surface area contributed by atoms with Crippen LogP contribution < -0.4 is 10.5 Å². The second-order valence-electron chi connectivity index (χ2n) is 3.60. The number of benzene rings is 1. The van der Waals surface area contributed by atoms with E-state index in [0.29, 0.717) is 11.3 Å². The molecule has 0 aliphatic carbocycles. The minimum atomic E-state index is -0.531. The molecule has 3 nitrogen and oxygen atoms in total. The molecule has 14 heavy (non-hydrogen) atoms. The van der Waals surface area contributed by atoms with Crippen LogP contribution in [0.1, 0.15) is 19.4 Å². The Hall–Kier alpha value is -0.930. The van der Waals surface area contributed by atoms with Crippen molar-refractivity contribution in [3.63, 3.8) is 0 Å². The average molecular weight is 218 g/mol. The highest BCUT2D eigenvalue weighted by Crippen LogP contribution is 2.30. The maximum atomic E-state index is 9.60. The number of aromatic hydroxyl groups is 1. The molecule has 0 atom stereocenters. The summed E-state index contributed by atoms with van der Waals surface area (Å²) < 4.78 is 4.96. The fourth-order valence-electron chi connectivity index (χ4n) is 1.18. The molecule has 0 radical (unpaired) electrons. The normalized spacial score (nSPS) is 10.6. The maximum Gasteiger partial charge on any atom is 0.124 e. The van der Waals surface area contributed by atoms with Crippen LogP contribution in [0.3, 0.4) is 0 Å². The van der Waals surface area contributed by atoms with E-state index in [1.165, 1.54) is 0 Å². The third kappa shape index (κ3) is 2.79. The number of halogens is 1. The van der Waals surface area contributed by atoms with Gasteiger partial charge < -0.3 is 15.6 Å². The number of phenols is 1. The van der Waals surface area contributed by atoms with Crippen LogP contribution >= 0.6 is 12.4 Å². The highest BCUT2D eigenvalue weighted by Gasteiger charge is 2.18. The molecule has 1 aromatic carbocycles. The SMILES string of the molecule is COc1ccc(C(C)(C)N)c(O)c1.Cl. The van der Waals surface area contributed by atoms with E-state index in [2.05, 4.69) is 0 Å². The Morgan fingerprint density at radius 2 is 1.93 bits per heavy atom. The van der Waals surface area contributed by atoms with Crippen LogP contribution in [0.25, 0.3) is 0 Å². The van der Waals surface area contributed by atoms with Crippen LogP contribution in [0.2, 0.25) is 0 Å². The number of methoxy groups -OCH3 is 1. The van der Waals surface area contributed by atoms with Gasteiger partial charge in [0.1, 0.15) is 11.5 Å². The summed E-state index contributed by atoms with van der Waals surface area (Å²) in [6, 6.07) is 5.11. The zero-order chi connectivity index (χ0) is 10.1. The molecule has 0 spiro atoms. The summed E-state index contributed by atoms with van der Waals surface area (Å²) in [5, 5.41) is 9.60. The van der Waals surface area contributed by atoms with Crippen molar-refractivity contribution in [3.8, 4) is 11.5 Å². The molecule has 1 aromatic rings. The summed E-state index contributed by atoms with van der Waals surface area (Å²) >= 11 is 0. The van der Waals surface area contributed by atoms with Crippen LogP contribution in [0.15, 0.2) is 18.2 Å². The van der Waals surface area contributed by atoms with Gasteiger partial charge in [0.15, 0.2) is 0 Å². The first-order valence-electron chi connectivity index (χ1n) is 4.11. The van der Waals surface area contributed by atoms with Gasteiger partial charge in [0.2, 0.25) is 0 Å². The number of ether oxygens (including phenoxy) is 1. The Morgan fingerprint density at radius 3 is 2.29 bits per heavy atom. The van der Waals surface area contributed by atoms with Crippen LogP contribution in [0.5, 0.6) is 11.5 Å². The van der Waals surface area contributed by atoms with Crippen molar-refractivity contribution in [1.82, 2.24) is 0 Å². The molecule has 0 saturated carbocycles. The maximum absolute atomic E-state index is 9.60. The summed E-state index contributed by atoms with van der Waals surface area (Å²) in [6.07, 6.45) is 0. The van der Waals surface area contributed by atoms with Crippen molar-refractivity contribution in [2.75, 3.05) is 7.11 Å². The molecule has 0 heterocycles. The number of hydrogen-bond acceptors (Lipinski definition) is 3. The lowest BCUT2D eigenvalue weighted by Gasteiger charge is -2.20. The average Bonchev–Trinajstić information content (AvgIpc) is 2.01. The van der Waals surface area contributed by atoms with Gasteiger partial charge in [-0.2, -0.15) is 0 Å². The third-order valence-corrected chi connectivity index (χ3v) is 1.90. The van der Waals surface area contributed by atoms with Gasteiger partial charge in [0.05, 0.1) is 7.11 Å². The highest BCUT2D eigenvalue weighted by atomic mass is 35.5. The number of phenolic OH excluding ortho intramolecular Hbond substituents is 1. The van der Waals surface area contributed by atoms with Crippen LogP contribution in [0, 0.1) is 0 Å². The third-order valence-electron chi connectivity index (χ3n) is 1.90. The molecular weight excluding hydrogens is 202 g/mol. The van der Waals surface area contributed by atoms with Crippen molar-refractivity contribution in [2.45, 2.75) is 19.4 Å². The number of nitrogens with two attached hydrogens (primary N) is 1. The first-order valence-corrected chi connectivity index (χ1v) is 4.11. The predicted octanol–water partition coefficient (Wildman–Crippen LogP) is 2.02. The number of rotatable bonds is 2. The Bertz CT molecular complexity index is 307. The van der Waals surface area contributed by atoms with Gasteiger partial charge in [-0.3, -0.25) is 0 Å². The second kappa shape index (κ2) is 4.53. The van der Waals surface area contributed by atoms with E-state index in [1.54, 1.807) is 25.3 Å². The molecule has 0 aliphatic heterocycles. The first kappa shape index (κ1) is 13.1. The summed E-state index contributed by atoms with van der Waals surface area (Å²) in [6.45, 7) is 3.68. The van der Waals surface area contributed by atoms with Gasteiger partial charge in [0.25, 0.3) is 0 Å². The molecule has 1 rings (SSSR count). The molecule has 0 bridgehead atoms. The van der Waals surface area contributed by atoms with Crippen molar-refractivity contribution < 1.29 is 9.84 Å². The van der Waals surface area contributed by atoms with E-state index in [4.69, 9.17) is 10.5 Å². The zero-order valence-electron chi connectivity index (χ0n) is 8.57. The molecular formula is C10H16ClNO2. The standard InChI is InChI=1S/C10H15NO2.ClH/c1-10(2,11)8-5-4-7(13-3)6-9(8)12;/h4-6,12H,11H2,1-3H3;1H. The van der Waals surface area contributed by atoms with Gasteiger partial charge in [-0.25, -0.2) is 0 Å². The quantitative estimate of drug-likeness (QED) is 0.797. The molecule has 0 unspecified atom stereocenters. The highest BCUT2D eigenvalue weighted by molar-refractivity contribution is 5.85. The van der Waals surface area contributed by atoms with Gasteiger partial charge in [-0.15, -0.1) is 12.4 Å². The van der Waals surface area contributed by atoms with Gasteiger partial charge in [-0.1, -0.05) is 0 Å². The zero-order valence-corrected chi connectivity index (χ0v) is 9.39. The van der Waals surface area contributed by atoms with E-state index in [-0.39, 0.29) is 18.2 Å². The number of hydrogen-bond donors (Lipinski definition) is 2. The molecule has 0 aromatic heterocycles. The lowest BCUT2D eigenvalue weighted by Crippen LogP contribution is -2.28. The monoisotopic (exact) mass is 217 g/mol. The Balaban J connectivity index is 0.00000169. The molecule has 3 N–H and O–H groups in total. The van der Waals surface area contributed by atoms with E-state index in [1.807, 2.05) is 13.8 Å². The van der Waals surface area contributed by atoms with Crippen molar-refractivity contribution >= 4 is 12.4 Å². The summed E-state index contributed by atoms with van der Waals surface area (Å²) in [5.41, 5.74) is 6.03. The molecule has 0 aliphatic rings. The van der Waals surface area contributed by atoms with Gasteiger partial charge in [0, 0.05) is 17.2 Å². The Kier molecular flexibility index (Phi) is 4.23. The summed E-state index contributed by atoms with van der Waals surface area (Å²) in [4.78, 5) is 0. The topological polar surface area (TPSA) is 55.5 Å². The summed E-state index contributed by atoms with van der Waals surface area (Å²) in [5.74, 6) is 0.803. The van der Waals surface area contributed by atoms with Crippen molar-refractivity contribution in [1.29, 1.82) is 0 Å². The van der Waals surface area contributed by atoms with E-state index in [0.717, 1.165) is 0 Å². The van der Waals surface area contributed by atoms with Crippen LogP contribution in [-0.4, -0.2) is 12.2 Å². The largest absolute Gasteiger partial charge is 0.507 e. The minimum absolute atomic E-state index is 0.